The van der Waals surface area contributed by atoms with E-state index in [1.54, 1.807) is 4.68 Å². The first-order valence-electron chi connectivity index (χ1n) is 5.38. The average molecular weight is 256 g/mol. The second-order valence-electron chi connectivity index (χ2n) is 3.64. The van der Waals surface area contributed by atoms with Crippen molar-refractivity contribution in [2.75, 3.05) is 0 Å². The second kappa shape index (κ2) is 5.29. The standard InChI is InChI=1S/C10H14ClN5O/c1-3-7-10(11)8(16(2)14-7)4-12-5-9-13-6-17-15-9/h6,12H,3-5H2,1-2H3. The zero-order valence-corrected chi connectivity index (χ0v) is 10.5. The Kier molecular flexibility index (Phi) is 3.75. The van der Waals surface area contributed by atoms with Crippen LogP contribution in [0.3, 0.4) is 0 Å². The van der Waals surface area contributed by atoms with Gasteiger partial charge >= 0.3 is 0 Å². The fourth-order valence-electron chi connectivity index (χ4n) is 1.57. The van der Waals surface area contributed by atoms with E-state index in [0.29, 0.717) is 18.9 Å². The van der Waals surface area contributed by atoms with Gasteiger partial charge in [-0.25, -0.2) is 0 Å². The third-order valence-electron chi connectivity index (χ3n) is 2.49. The second-order valence-corrected chi connectivity index (χ2v) is 4.01. The van der Waals surface area contributed by atoms with Crippen LogP contribution in [-0.4, -0.2) is 19.9 Å². The lowest BCUT2D eigenvalue weighted by molar-refractivity contribution is 0.407. The fraction of sp³-hybridized carbons (Fsp3) is 0.500. The topological polar surface area (TPSA) is 68.8 Å². The van der Waals surface area contributed by atoms with E-state index in [4.69, 9.17) is 11.6 Å². The van der Waals surface area contributed by atoms with Gasteiger partial charge < -0.3 is 9.84 Å². The molecule has 0 atom stereocenters. The van der Waals surface area contributed by atoms with Crippen LogP contribution >= 0.6 is 11.6 Å². The molecule has 1 N–H and O–H groups in total. The monoisotopic (exact) mass is 255 g/mol. The maximum absolute atomic E-state index is 6.22. The molecule has 7 heteroatoms. The highest BCUT2D eigenvalue weighted by atomic mass is 35.5. The molecule has 0 aromatic carbocycles. The van der Waals surface area contributed by atoms with Crippen LogP contribution in [0.2, 0.25) is 5.02 Å². The van der Waals surface area contributed by atoms with Crippen LogP contribution in [0.1, 0.15) is 24.1 Å². The van der Waals surface area contributed by atoms with Crippen molar-refractivity contribution < 1.29 is 4.52 Å². The summed E-state index contributed by atoms with van der Waals surface area (Å²) in [5, 5.41) is 12.0. The largest absolute Gasteiger partial charge is 0.343 e. The summed E-state index contributed by atoms with van der Waals surface area (Å²) in [7, 11) is 1.89. The molecular weight excluding hydrogens is 242 g/mol. The van der Waals surface area contributed by atoms with Crippen molar-refractivity contribution in [2.24, 2.45) is 7.05 Å². The molecule has 2 rings (SSSR count). The molecule has 2 aromatic rings. The van der Waals surface area contributed by atoms with E-state index in [0.717, 1.165) is 22.8 Å². The third kappa shape index (κ3) is 2.65. The van der Waals surface area contributed by atoms with Crippen molar-refractivity contribution in [1.29, 1.82) is 0 Å². The van der Waals surface area contributed by atoms with E-state index in [1.807, 2.05) is 14.0 Å². The molecule has 0 unspecified atom stereocenters. The van der Waals surface area contributed by atoms with E-state index < -0.39 is 0 Å². The minimum absolute atomic E-state index is 0.541. The molecule has 0 amide bonds. The van der Waals surface area contributed by atoms with Crippen molar-refractivity contribution in [1.82, 2.24) is 25.2 Å². The summed E-state index contributed by atoms with van der Waals surface area (Å²) in [4.78, 5) is 3.92. The van der Waals surface area contributed by atoms with Gasteiger partial charge in [-0.05, 0) is 6.42 Å². The van der Waals surface area contributed by atoms with Gasteiger partial charge in [0.15, 0.2) is 5.82 Å². The fourth-order valence-corrected chi connectivity index (χ4v) is 1.94. The van der Waals surface area contributed by atoms with Gasteiger partial charge in [-0.1, -0.05) is 23.7 Å². The molecule has 0 aliphatic rings. The Morgan fingerprint density at radius 3 is 2.88 bits per heavy atom. The molecule has 0 bridgehead atoms. The maximum atomic E-state index is 6.22. The zero-order chi connectivity index (χ0) is 12.3. The number of aromatic nitrogens is 4. The lowest BCUT2D eigenvalue weighted by atomic mass is 10.3. The first kappa shape index (κ1) is 12.1. The van der Waals surface area contributed by atoms with E-state index in [9.17, 15) is 0 Å². The van der Waals surface area contributed by atoms with Crippen LogP contribution in [0.4, 0.5) is 0 Å². The number of nitrogens with one attached hydrogen (secondary N) is 1. The van der Waals surface area contributed by atoms with Crippen molar-refractivity contribution in [3.63, 3.8) is 0 Å². The molecule has 92 valence electrons. The first-order valence-corrected chi connectivity index (χ1v) is 5.76. The summed E-state index contributed by atoms with van der Waals surface area (Å²) >= 11 is 6.22. The highest BCUT2D eigenvalue weighted by Crippen LogP contribution is 2.20. The number of aryl methyl sites for hydroxylation is 2. The number of rotatable bonds is 5. The summed E-state index contributed by atoms with van der Waals surface area (Å²) < 4.78 is 6.44. The van der Waals surface area contributed by atoms with Gasteiger partial charge in [0.05, 0.1) is 23.0 Å². The van der Waals surface area contributed by atoms with Gasteiger partial charge in [0, 0.05) is 13.6 Å². The Balaban J connectivity index is 1.97. The summed E-state index contributed by atoms with van der Waals surface area (Å²) in [6.45, 7) is 3.20. The van der Waals surface area contributed by atoms with Crippen LogP contribution < -0.4 is 5.32 Å². The van der Waals surface area contributed by atoms with E-state index in [-0.39, 0.29) is 0 Å². The Labute approximate surface area is 104 Å². The molecule has 0 aliphatic heterocycles. The molecule has 0 saturated carbocycles. The predicted octanol–water partition coefficient (Wildman–Crippen LogP) is 1.31. The highest BCUT2D eigenvalue weighted by molar-refractivity contribution is 6.31. The highest BCUT2D eigenvalue weighted by Gasteiger charge is 2.12. The minimum atomic E-state index is 0.541. The average Bonchev–Trinajstić information content (AvgIpc) is 2.91. The molecule has 2 aromatic heterocycles. The lowest BCUT2D eigenvalue weighted by Gasteiger charge is -2.03. The molecule has 2 heterocycles. The number of nitrogens with zero attached hydrogens (tertiary/aromatic N) is 4. The first-order chi connectivity index (χ1) is 8.22. The summed E-state index contributed by atoms with van der Waals surface area (Å²) in [6.07, 6.45) is 2.14. The Morgan fingerprint density at radius 1 is 1.47 bits per heavy atom. The van der Waals surface area contributed by atoms with Crippen molar-refractivity contribution in [2.45, 2.75) is 26.4 Å². The van der Waals surface area contributed by atoms with Gasteiger partial charge in [0.1, 0.15) is 0 Å². The van der Waals surface area contributed by atoms with Gasteiger partial charge in [-0.15, -0.1) is 0 Å². The van der Waals surface area contributed by atoms with Crippen molar-refractivity contribution in [3.8, 4) is 0 Å². The van der Waals surface area contributed by atoms with E-state index in [2.05, 4.69) is 25.1 Å². The zero-order valence-electron chi connectivity index (χ0n) is 9.77. The Morgan fingerprint density at radius 2 is 2.29 bits per heavy atom. The quantitative estimate of drug-likeness (QED) is 0.872. The molecule has 0 fully saturated rings. The summed E-state index contributed by atoms with van der Waals surface area (Å²) in [5.74, 6) is 0.624. The minimum Gasteiger partial charge on any atom is -0.343 e. The Hall–Kier alpha value is -1.40. The molecule has 17 heavy (non-hydrogen) atoms. The lowest BCUT2D eigenvalue weighted by Crippen LogP contribution is -2.16. The maximum Gasteiger partial charge on any atom is 0.213 e. The van der Waals surface area contributed by atoms with Gasteiger partial charge in [0.2, 0.25) is 6.39 Å². The smallest absolute Gasteiger partial charge is 0.213 e. The van der Waals surface area contributed by atoms with Crippen molar-refractivity contribution >= 4 is 11.6 Å². The van der Waals surface area contributed by atoms with E-state index in [1.165, 1.54) is 6.39 Å². The van der Waals surface area contributed by atoms with Gasteiger partial charge in [-0.3, -0.25) is 4.68 Å². The predicted molar refractivity (Wildman–Crippen MR) is 62.4 cm³/mol. The van der Waals surface area contributed by atoms with Crippen LogP contribution in [0.15, 0.2) is 10.9 Å². The van der Waals surface area contributed by atoms with Crippen LogP contribution in [0, 0.1) is 0 Å². The third-order valence-corrected chi connectivity index (χ3v) is 2.92. The van der Waals surface area contributed by atoms with Gasteiger partial charge in [-0.2, -0.15) is 10.1 Å². The number of hydrogen-bond acceptors (Lipinski definition) is 5. The normalized spacial score (nSPS) is 11.0. The number of hydrogen-bond donors (Lipinski definition) is 1. The van der Waals surface area contributed by atoms with Crippen LogP contribution in [0.5, 0.6) is 0 Å². The Bertz CT molecular complexity index is 479. The molecule has 0 aliphatic carbocycles. The molecule has 0 radical (unpaired) electrons. The molecule has 0 saturated heterocycles. The summed E-state index contributed by atoms with van der Waals surface area (Å²) in [6, 6.07) is 0. The van der Waals surface area contributed by atoms with Crippen LogP contribution in [0.25, 0.3) is 0 Å². The SMILES string of the molecule is CCc1nn(C)c(CNCc2ncon2)c1Cl. The van der Waals surface area contributed by atoms with Crippen molar-refractivity contribution in [3.05, 3.63) is 28.6 Å². The van der Waals surface area contributed by atoms with E-state index >= 15 is 0 Å². The molecular formula is C10H14ClN5O. The molecule has 6 nitrogen and oxygen atoms in total. The van der Waals surface area contributed by atoms with Gasteiger partial charge in [0.25, 0.3) is 0 Å². The number of halogens is 1. The molecule has 0 spiro atoms. The van der Waals surface area contributed by atoms with Crippen LogP contribution in [-0.2, 0) is 26.6 Å². The summed E-state index contributed by atoms with van der Waals surface area (Å²) in [5.41, 5.74) is 1.89.